The normalized spacial score (nSPS) is 11.3. The number of aryl methyl sites for hydroxylation is 3. The van der Waals surface area contributed by atoms with Crippen molar-refractivity contribution in [1.29, 1.82) is 0 Å². The van der Waals surface area contributed by atoms with E-state index in [9.17, 15) is 5.11 Å². The minimum absolute atomic E-state index is 0.330. The van der Waals surface area contributed by atoms with Gasteiger partial charge in [-0.3, -0.25) is 0 Å². The van der Waals surface area contributed by atoms with Crippen molar-refractivity contribution in [3.63, 3.8) is 0 Å². The first kappa shape index (κ1) is 11.0. The van der Waals surface area contributed by atoms with Gasteiger partial charge < -0.3 is 5.11 Å². The van der Waals surface area contributed by atoms with Crippen LogP contribution in [0.3, 0.4) is 0 Å². The quantitative estimate of drug-likeness (QED) is 0.472. The number of benzene rings is 1. The topological polar surface area (TPSA) is 24.3 Å². The van der Waals surface area contributed by atoms with E-state index >= 15 is 0 Å². The monoisotopic (exact) mass is 238 g/mol. The van der Waals surface area contributed by atoms with Gasteiger partial charge in [-0.25, -0.2) is 0 Å². The highest BCUT2D eigenvalue weighted by molar-refractivity contribution is 5.98. The molecule has 2 nitrogen and oxygen atoms in total. The Morgan fingerprint density at radius 1 is 0.944 bits per heavy atom. The number of hydrogen-bond acceptors (Lipinski definition) is 1. The molecule has 0 aliphatic carbocycles. The largest absolute Gasteiger partial charge is 0.502 e. The molecular weight excluding hydrogens is 222 g/mol. The molecule has 0 radical (unpaired) electrons. The molecular formula is C16H16NO+. The number of hydrogen-bond donors (Lipinski definition) is 1. The number of aromatic hydroxyl groups is 1. The number of pyridine rings is 2. The predicted octanol–water partition coefficient (Wildman–Crippen LogP) is 3.21. The minimum atomic E-state index is 0.330. The lowest BCUT2D eigenvalue weighted by Gasteiger charge is -2.06. The molecule has 0 amide bonds. The zero-order chi connectivity index (χ0) is 12.9. The molecule has 0 aliphatic rings. The third-order valence-electron chi connectivity index (χ3n) is 3.69. The Morgan fingerprint density at radius 3 is 2.33 bits per heavy atom. The summed E-state index contributed by atoms with van der Waals surface area (Å²) in [6.07, 6.45) is 1.81. The third kappa shape index (κ3) is 1.39. The maximum absolute atomic E-state index is 10.2. The Bertz CT molecular complexity index is 775. The van der Waals surface area contributed by atoms with Gasteiger partial charge in [-0.1, -0.05) is 18.2 Å². The van der Waals surface area contributed by atoms with Crippen LogP contribution in [-0.4, -0.2) is 5.11 Å². The van der Waals surface area contributed by atoms with Crippen molar-refractivity contribution in [2.24, 2.45) is 0 Å². The van der Waals surface area contributed by atoms with Gasteiger partial charge in [-0.05, 0) is 26.0 Å². The van der Waals surface area contributed by atoms with Crippen molar-refractivity contribution in [1.82, 2.24) is 0 Å². The van der Waals surface area contributed by atoms with E-state index in [0.29, 0.717) is 5.75 Å². The molecule has 0 fully saturated rings. The highest BCUT2D eigenvalue weighted by atomic mass is 16.3. The summed E-state index contributed by atoms with van der Waals surface area (Å²) in [6.45, 7) is 6.29. The van der Waals surface area contributed by atoms with E-state index in [2.05, 4.69) is 37.3 Å². The molecule has 18 heavy (non-hydrogen) atoms. The molecule has 3 aromatic rings. The summed E-state index contributed by atoms with van der Waals surface area (Å²) in [4.78, 5) is 0. The highest BCUT2D eigenvalue weighted by Gasteiger charge is 2.18. The van der Waals surface area contributed by atoms with E-state index in [4.69, 9.17) is 0 Å². The summed E-state index contributed by atoms with van der Waals surface area (Å²) in [7, 11) is 0. The molecule has 2 heteroatoms. The van der Waals surface area contributed by atoms with Crippen LogP contribution in [0.25, 0.3) is 16.3 Å². The van der Waals surface area contributed by atoms with E-state index in [1.807, 2.05) is 24.4 Å². The van der Waals surface area contributed by atoms with Gasteiger partial charge in [0.05, 0.1) is 5.39 Å². The zero-order valence-corrected chi connectivity index (χ0v) is 10.9. The second-order valence-corrected chi connectivity index (χ2v) is 4.87. The second kappa shape index (κ2) is 3.70. The first-order valence-corrected chi connectivity index (χ1v) is 6.12. The van der Waals surface area contributed by atoms with Crippen molar-refractivity contribution in [3.05, 3.63) is 53.3 Å². The molecule has 3 rings (SSSR count). The molecule has 0 saturated heterocycles. The summed E-state index contributed by atoms with van der Waals surface area (Å²) >= 11 is 0. The lowest BCUT2D eigenvalue weighted by Crippen LogP contribution is -2.27. The molecule has 2 aromatic heterocycles. The van der Waals surface area contributed by atoms with Gasteiger partial charge in [-0.2, -0.15) is 4.40 Å². The van der Waals surface area contributed by atoms with Crippen molar-refractivity contribution in [2.45, 2.75) is 20.8 Å². The summed E-state index contributed by atoms with van der Waals surface area (Å²) in [5.41, 5.74) is 4.80. The van der Waals surface area contributed by atoms with Crippen LogP contribution in [0.1, 0.15) is 16.8 Å². The van der Waals surface area contributed by atoms with Gasteiger partial charge in [-0.15, -0.1) is 0 Å². The number of aromatic nitrogens is 1. The maximum Gasteiger partial charge on any atom is 0.221 e. The Kier molecular flexibility index (Phi) is 2.27. The number of fused-ring (bicyclic) bond motifs is 3. The molecule has 2 heterocycles. The average Bonchev–Trinajstić information content (AvgIpc) is 2.36. The van der Waals surface area contributed by atoms with Crippen molar-refractivity contribution >= 4 is 16.3 Å². The molecule has 1 aromatic carbocycles. The van der Waals surface area contributed by atoms with Crippen LogP contribution in [0.15, 0.2) is 36.5 Å². The predicted molar refractivity (Wildman–Crippen MR) is 73.0 cm³/mol. The van der Waals surface area contributed by atoms with Gasteiger partial charge in [0.15, 0.2) is 11.4 Å². The van der Waals surface area contributed by atoms with Gasteiger partial charge in [0, 0.05) is 23.4 Å². The number of nitrogens with zero attached hydrogens (tertiary/aromatic N) is 1. The first-order valence-electron chi connectivity index (χ1n) is 6.12. The summed E-state index contributed by atoms with van der Waals surface area (Å²) in [5.74, 6) is 0.330. The van der Waals surface area contributed by atoms with E-state index < -0.39 is 0 Å². The lowest BCUT2D eigenvalue weighted by atomic mass is 10.0. The Balaban J connectivity index is 2.67. The van der Waals surface area contributed by atoms with Crippen LogP contribution in [0, 0.1) is 20.8 Å². The Hall–Kier alpha value is -2.09. The summed E-state index contributed by atoms with van der Waals surface area (Å²) < 4.78 is 2.09. The van der Waals surface area contributed by atoms with Crippen molar-refractivity contribution in [3.8, 4) is 5.75 Å². The maximum atomic E-state index is 10.2. The lowest BCUT2D eigenvalue weighted by molar-refractivity contribution is -0.520. The van der Waals surface area contributed by atoms with E-state index in [1.165, 1.54) is 16.6 Å². The van der Waals surface area contributed by atoms with Gasteiger partial charge in [0.25, 0.3) is 0 Å². The van der Waals surface area contributed by atoms with E-state index in [-0.39, 0.29) is 0 Å². The third-order valence-corrected chi connectivity index (χ3v) is 3.69. The first-order chi connectivity index (χ1) is 8.59. The molecule has 0 atom stereocenters. The highest BCUT2D eigenvalue weighted by Crippen LogP contribution is 2.27. The van der Waals surface area contributed by atoms with Crippen molar-refractivity contribution in [2.75, 3.05) is 0 Å². The Morgan fingerprint density at radius 2 is 1.61 bits per heavy atom. The van der Waals surface area contributed by atoms with E-state index in [0.717, 1.165) is 16.5 Å². The second-order valence-electron chi connectivity index (χ2n) is 4.87. The standard InChI is InChI=1S/C16H15NO/c1-10-8-11(2)16-14-7-5-4-6-13(14)15(18)9-17(16)12(10)3/h4-9H,1-3H3/p+1. The molecule has 0 bridgehead atoms. The average molecular weight is 238 g/mol. The fraction of sp³-hybridized carbons (Fsp3) is 0.188. The van der Waals surface area contributed by atoms with Crippen LogP contribution >= 0.6 is 0 Å². The molecule has 0 unspecified atom stereocenters. The smallest absolute Gasteiger partial charge is 0.221 e. The summed E-state index contributed by atoms with van der Waals surface area (Å²) in [5, 5.41) is 12.2. The van der Waals surface area contributed by atoms with Gasteiger partial charge in [0.2, 0.25) is 11.7 Å². The van der Waals surface area contributed by atoms with Crippen LogP contribution in [0.5, 0.6) is 5.75 Å². The van der Waals surface area contributed by atoms with Crippen molar-refractivity contribution < 1.29 is 9.51 Å². The summed E-state index contributed by atoms with van der Waals surface area (Å²) in [6, 6.07) is 10.2. The number of rotatable bonds is 0. The SMILES string of the molecule is Cc1cc(C)c2c3ccccc3c(O)c[n+]2c1C. The molecule has 0 spiro atoms. The molecule has 0 saturated carbocycles. The van der Waals surface area contributed by atoms with Crippen LogP contribution < -0.4 is 4.40 Å². The van der Waals surface area contributed by atoms with Crippen LogP contribution in [0.2, 0.25) is 0 Å². The molecule has 90 valence electrons. The van der Waals surface area contributed by atoms with Gasteiger partial charge in [0.1, 0.15) is 0 Å². The fourth-order valence-electron chi connectivity index (χ4n) is 2.65. The minimum Gasteiger partial charge on any atom is -0.502 e. The van der Waals surface area contributed by atoms with Crippen LogP contribution in [-0.2, 0) is 0 Å². The fourth-order valence-corrected chi connectivity index (χ4v) is 2.65. The molecule has 1 N–H and O–H groups in total. The molecule has 0 aliphatic heterocycles. The van der Waals surface area contributed by atoms with E-state index in [1.54, 1.807) is 0 Å². The van der Waals surface area contributed by atoms with Crippen LogP contribution in [0.4, 0.5) is 0 Å². The Labute approximate surface area is 106 Å². The van der Waals surface area contributed by atoms with Gasteiger partial charge >= 0.3 is 0 Å². The zero-order valence-electron chi connectivity index (χ0n) is 10.9.